The normalized spacial score (nSPS) is 10.1. The molecule has 2 rings (SSSR count). The van der Waals surface area contributed by atoms with Gasteiger partial charge in [-0.25, -0.2) is 0 Å². The van der Waals surface area contributed by atoms with Gasteiger partial charge in [0.05, 0.1) is 12.8 Å². The Labute approximate surface area is 108 Å². The fourth-order valence-corrected chi connectivity index (χ4v) is 1.61. The largest absolute Gasteiger partial charge is 0.495 e. The molecule has 1 heterocycles. The molecule has 1 aromatic heterocycles. The molecule has 0 fully saturated rings. The average molecular weight is 271 g/mol. The Hall–Kier alpha value is -1.59. The van der Waals surface area contributed by atoms with E-state index in [9.17, 15) is 0 Å². The van der Waals surface area contributed by atoms with Crippen molar-refractivity contribution in [1.29, 1.82) is 0 Å². The van der Waals surface area contributed by atoms with Gasteiger partial charge in [-0.2, -0.15) is 15.0 Å². The lowest BCUT2D eigenvalue weighted by Gasteiger charge is -2.09. The maximum Gasteiger partial charge on any atom is 0.232 e. The number of anilines is 2. The highest BCUT2D eigenvalue weighted by molar-refractivity contribution is 6.31. The lowest BCUT2D eigenvalue weighted by molar-refractivity contribution is 0.417. The maximum absolute atomic E-state index is 5.67. The molecule has 0 amide bonds. The molecule has 88 valence electrons. The number of hydrogen-bond donors (Lipinski definition) is 1. The van der Waals surface area contributed by atoms with Gasteiger partial charge < -0.3 is 10.1 Å². The second kappa shape index (κ2) is 5.16. The standard InChI is InChI=1S/C10H8Cl2N4O/c1-17-7-5-3-2-4-6(7)13-10-15-8(11)14-9(12)16-10/h2-5H,1H3,(H,13,14,15,16). The summed E-state index contributed by atoms with van der Waals surface area (Å²) in [6.07, 6.45) is 0. The minimum absolute atomic E-state index is 0.0300. The number of ether oxygens (including phenoxy) is 1. The molecule has 0 atom stereocenters. The summed E-state index contributed by atoms with van der Waals surface area (Å²) >= 11 is 11.3. The van der Waals surface area contributed by atoms with E-state index in [0.717, 1.165) is 0 Å². The van der Waals surface area contributed by atoms with Gasteiger partial charge in [0.25, 0.3) is 0 Å². The average Bonchev–Trinajstić information content (AvgIpc) is 2.28. The Morgan fingerprint density at radius 3 is 2.35 bits per heavy atom. The molecule has 0 aliphatic rings. The summed E-state index contributed by atoms with van der Waals surface area (Å²) in [6.45, 7) is 0. The van der Waals surface area contributed by atoms with Crippen molar-refractivity contribution in [3.05, 3.63) is 34.8 Å². The number of nitrogens with zero attached hydrogens (tertiary/aromatic N) is 3. The molecule has 0 aliphatic heterocycles. The van der Waals surface area contributed by atoms with E-state index in [2.05, 4.69) is 20.3 Å². The molecule has 1 N–H and O–H groups in total. The number of halogens is 2. The lowest BCUT2D eigenvalue weighted by atomic mass is 10.3. The van der Waals surface area contributed by atoms with Crippen LogP contribution < -0.4 is 10.1 Å². The van der Waals surface area contributed by atoms with Gasteiger partial charge in [0, 0.05) is 0 Å². The van der Waals surface area contributed by atoms with Crippen LogP contribution in [0.1, 0.15) is 0 Å². The number of para-hydroxylation sites is 2. The van der Waals surface area contributed by atoms with Crippen LogP contribution in [0.2, 0.25) is 10.6 Å². The van der Waals surface area contributed by atoms with E-state index in [-0.39, 0.29) is 16.5 Å². The molecule has 7 heteroatoms. The SMILES string of the molecule is COc1ccccc1Nc1nc(Cl)nc(Cl)n1. The van der Waals surface area contributed by atoms with E-state index in [1.807, 2.05) is 24.3 Å². The number of methoxy groups -OCH3 is 1. The Morgan fingerprint density at radius 2 is 1.71 bits per heavy atom. The third-order valence-electron chi connectivity index (χ3n) is 1.93. The van der Waals surface area contributed by atoms with Crippen LogP contribution in [0.3, 0.4) is 0 Å². The first-order chi connectivity index (χ1) is 8.19. The molecule has 0 aliphatic carbocycles. The number of nitrogens with one attached hydrogen (secondary N) is 1. The van der Waals surface area contributed by atoms with E-state index in [1.165, 1.54) is 0 Å². The minimum Gasteiger partial charge on any atom is -0.495 e. The van der Waals surface area contributed by atoms with E-state index < -0.39 is 0 Å². The van der Waals surface area contributed by atoms with Crippen LogP contribution in [-0.2, 0) is 0 Å². The van der Waals surface area contributed by atoms with Crippen molar-refractivity contribution in [2.45, 2.75) is 0 Å². The second-order valence-corrected chi connectivity index (χ2v) is 3.70. The fourth-order valence-electron chi connectivity index (χ4n) is 1.25. The number of benzene rings is 1. The summed E-state index contributed by atoms with van der Waals surface area (Å²) in [7, 11) is 1.58. The van der Waals surface area contributed by atoms with Gasteiger partial charge in [-0.05, 0) is 35.3 Å². The first-order valence-corrected chi connectivity index (χ1v) is 5.42. The van der Waals surface area contributed by atoms with Crippen molar-refractivity contribution < 1.29 is 4.74 Å². The van der Waals surface area contributed by atoms with Gasteiger partial charge in [-0.3, -0.25) is 0 Å². The number of aromatic nitrogens is 3. The van der Waals surface area contributed by atoms with Crippen molar-refractivity contribution in [3.8, 4) is 5.75 Å². The molecule has 0 bridgehead atoms. The second-order valence-electron chi connectivity index (χ2n) is 3.02. The molecule has 1 aromatic carbocycles. The third-order valence-corrected chi connectivity index (χ3v) is 2.27. The number of rotatable bonds is 3. The topological polar surface area (TPSA) is 59.9 Å². The smallest absolute Gasteiger partial charge is 0.232 e. The number of hydrogen-bond acceptors (Lipinski definition) is 5. The van der Waals surface area contributed by atoms with Gasteiger partial charge >= 0.3 is 0 Å². The molecule has 0 spiro atoms. The van der Waals surface area contributed by atoms with E-state index in [4.69, 9.17) is 27.9 Å². The molecular formula is C10H8Cl2N4O. The fraction of sp³-hybridized carbons (Fsp3) is 0.100. The Balaban J connectivity index is 2.31. The predicted molar refractivity (Wildman–Crippen MR) is 66.1 cm³/mol. The molecule has 0 saturated carbocycles. The molecule has 0 radical (unpaired) electrons. The van der Waals surface area contributed by atoms with Crippen molar-refractivity contribution in [1.82, 2.24) is 15.0 Å². The molecule has 5 nitrogen and oxygen atoms in total. The summed E-state index contributed by atoms with van der Waals surface area (Å²) in [5.41, 5.74) is 0.716. The van der Waals surface area contributed by atoms with Crippen molar-refractivity contribution in [2.75, 3.05) is 12.4 Å². The Kier molecular flexibility index (Phi) is 3.61. The zero-order chi connectivity index (χ0) is 12.3. The summed E-state index contributed by atoms with van der Waals surface area (Å²) < 4.78 is 5.18. The zero-order valence-electron chi connectivity index (χ0n) is 8.82. The molecular weight excluding hydrogens is 263 g/mol. The van der Waals surface area contributed by atoms with Crippen molar-refractivity contribution in [2.24, 2.45) is 0 Å². The van der Waals surface area contributed by atoms with E-state index in [0.29, 0.717) is 11.4 Å². The quantitative estimate of drug-likeness (QED) is 0.929. The third kappa shape index (κ3) is 2.95. The Morgan fingerprint density at radius 1 is 1.06 bits per heavy atom. The molecule has 0 saturated heterocycles. The van der Waals surface area contributed by atoms with Crippen LogP contribution in [0.4, 0.5) is 11.6 Å². The van der Waals surface area contributed by atoms with Gasteiger partial charge in [0.15, 0.2) is 0 Å². The van der Waals surface area contributed by atoms with Crippen LogP contribution in [0.15, 0.2) is 24.3 Å². The van der Waals surface area contributed by atoms with Gasteiger partial charge in [0.2, 0.25) is 16.5 Å². The highest BCUT2D eigenvalue weighted by Crippen LogP contribution is 2.25. The van der Waals surface area contributed by atoms with Crippen molar-refractivity contribution >= 4 is 34.8 Å². The maximum atomic E-state index is 5.67. The van der Waals surface area contributed by atoms with Gasteiger partial charge in [0.1, 0.15) is 5.75 Å². The zero-order valence-corrected chi connectivity index (χ0v) is 10.3. The molecule has 17 heavy (non-hydrogen) atoms. The van der Waals surface area contributed by atoms with E-state index in [1.54, 1.807) is 7.11 Å². The van der Waals surface area contributed by atoms with Crippen LogP contribution in [0, 0.1) is 0 Å². The van der Waals surface area contributed by atoms with Crippen LogP contribution in [0.5, 0.6) is 5.75 Å². The molecule has 0 unspecified atom stereocenters. The van der Waals surface area contributed by atoms with Crippen LogP contribution in [-0.4, -0.2) is 22.1 Å². The highest BCUT2D eigenvalue weighted by Gasteiger charge is 2.06. The minimum atomic E-state index is 0.0300. The molecule has 2 aromatic rings. The van der Waals surface area contributed by atoms with Crippen LogP contribution >= 0.6 is 23.2 Å². The predicted octanol–water partition coefficient (Wildman–Crippen LogP) is 2.93. The van der Waals surface area contributed by atoms with Gasteiger partial charge in [-0.15, -0.1) is 0 Å². The first-order valence-electron chi connectivity index (χ1n) is 4.66. The van der Waals surface area contributed by atoms with Gasteiger partial charge in [-0.1, -0.05) is 12.1 Å². The first kappa shape index (κ1) is 11.9. The monoisotopic (exact) mass is 270 g/mol. The van der Waals surface area contributed by atoms with E-state index >= 15 is 0 Å². The summed E-state index contributed by atoms with van der Waals surface area (Å²) in [5.74, 6) is 0.930. The summed E-state index contributed by atoms with van der Waals surface area (Å²) in [5, 5.41) is 3.01. The Bertz CT molecular complexity index is 515. The summed E-state index contributed by atoms with van der Waals surface area (Å²) in [6, 6.07) is 7.35. The van der Waals surface area contributed by atoms with Crippen LogP contribution in [0.25, 0.3) is 0 Å². The van der Waals surface area contributed by atoms with Crippen molar-refractivity contribution in [3.63, 3.8) is 0 Å². The summed E-state index contributed by atoms with van der Waals surface area (Å²) in [4.78, 5) is 11.4. The lowest BCUT2D eigenvalue weighted by Crippen LogP contribution is -2.00. The highest BCUT2D eigenvalue weighted by atomic mass is 35.5.